The predicted molar refractivity (Wildman–Crippen MR) is 145 cm³/mol. The van der Waals surface area contributed by atoms with Gasteiger partial charge in [0.05, 0.1) is 10.2 Å². The average molecular weight is 506 g/mol. The fourth-order valence-electron chi connectivity index (χ4n) is 3.97. The number of aromatic nitrogens is 5. The minimum absolute atomic E-state index is 0.264. The van der Waals surface area contributed by atoms with Gasteiger partial charge in [-0.15, -0.1) is 5.10 Å². The van der Waals surface area contributed by atoms with E-state index >= 15 is 0 Å². The second kappa shape index (κ2) is 9.40. The number of thiazole rings is 1. The van der Waals surface area contributed by atoms with Crippen LogP contribution < -0.4 is 10.1 Å². The van der Waals surface area contributed by atoms with Crippen molar-refractivity contribution in [2.45, 2.75) is 6.92 Å². The molecule has 0 saturated heterocycles. The maximum absolute atomic E-state index is 14.4. The molecule has 0 spiro atoms. The Morgan fingerprint density at radius 1 is 0.919 bits per heavy atom. The molecule has 0 amide bonds. The Morgan fingerprint density at radius 2 is 1.68 bits per heavy atom. The molecule has 0 fully saturated rings. The van der Waals surface area contributed by atoms with Crippen LogP contribution in [0.2, 0.25) is 0 Å². The first-order chi connectivity index (χ1) is 18.0. The van der Waals surface area contributed by atoms with Crippen molar-refractivity contribution < 1.29 is 4.39 Å². The van der Waals surface area contributed by atoms with E-state index in [1.807, 2.05) is 79.0 Å². The fourth-order valence-corrected chi connectivity index (χ4v) is 4.87. The van der Waals surface area contributed by atoms with E-state index in [0.717, 1.165) is 11.3 Å². The van der Waals surface area contributed by atoms with E-state index in [1.54, 1.807) is 29.8 Å². The van der Waals surface area contributed by atoms with E-state index in [9.17, 15) is 9.18 Å². The summed E-state index contributed by atoms with van der Waals surface area (Å²) < 4.78 is 17.9. The number of hydrogen-bond acceptors (Lipinski definition) is 5. The van der Waals surface area contributed by atoms with Crippen LogP contribution in [0.5, 0.6) is 0 Å². The van der Waals surface area contributed by atoms with E-state index in [1.165, 1.54) is 21.9 Å². The molecule has 8 heteroatoms. The van der Waals surface area contributed by atoms with Gasteiger partial charge >= 0.3 is 0 Å². The van der Waals surface area contributed by atoms with E-state index in [2.05, 4.69) is 10.1 Å². The molecule has 0 saturated carbocycles. The Bertz CT molecular complexity index is 1870. The number of para-hydroxylation sites is 1. The lowest BCUT2D eigenvalue weighted by molar-refractivity contribution is 0.619. The molecule has 0 radical (unpaired) electrons. The Balaban J connectivity index is 1.44. The number of benzene rings is 3. The average Bonchev–Trinajstić information content (AvgIpc) is 3.60. The number of nitrogens with zero attached hydrogens (tertiary/aromatic N) is 5. The predicted octanol–water partition coefficient (Wildman–Crippen LogP) is 5.17. The third-order valence-corrected chi connectivity index (χ3v) is 6.88. The SMILES string of the molecule is Cc1ccc(-c2nn(-c3ccccc3)cc2/C=c2\sc3nc(/C=C/c4ccccc4)nn3c2=O)cc1F. The quantitative estimate of drug-likeness (QED) is 0.324. The standard InChI is InChI=1S/C29H20FN5OS/c1-19-12-14-21(16-24(19)30)27-22(18-34(33-27)23-10-6-3-7-11-23)17-25-28(36)35-29(37-25)31-26(32-35)15-13-20-8-4-2-5-9-20/h2-18H,1H3/b15-13+,25-17-. The summed E-state index contributed by atoms with van der Waals surface area (Å²) in [5.74, 6) is 0.156. The molecule has 3 aromatic heterocycles. The van der Waals surface area contributed by atoms with Crippen molar-refractivity contribution in [1.82, 2.24) is 24.4 Å². The molecular formula is C29H20FN5OS. The van der Waals surface area contributed by atoms with E-state index in [0.29, 0.717) is 37.7 Å². The summed E-state index contributed by atoms with van der Waals surface area (Å²) in [6, 6.07) is 24.5. The van der Waals surface area contributed by atoms with Crippen LogP contribution >= 0.6 is 11.3 Å². The number of halogens is 1. The summed E-state index contributed by atoms with van der Waals surface area (Å²) in [7, 11) is 0. The van der Waals surface area contributed by atoms with Crippen molar-refractivity contribution in [3.63, 3.8) is 0 Å². The molecule has 6 nitrogen and oxygen atoms in total. The van der Waals surface area contributed by atoms with E-state index in [-0.39, 0.29) is 11.4 Å². The molecule has 0 aliphatic carbocycles. The molecule has 0 bridgehead atoms. The highest BCUT2D eigenvalue weighted by Crippen LogP contribution is 2.26. The lowest BCUT2D eigenvalue weighted by atomic mass is 10.1. The second-order valence-electron chi connectivity index (χ2n) is 8.50. The maximum atomic E-state index is 14.4. The van der Waals surface area contributed by atoms with Crippen molar-refractivity contribution in [2.24, 2.45) is 0 Å². The van der Waals surface area contributed by atoms with Gasteiger partial charge in [-0.2, -0.15) is 14.6 Å². The van der Waals surface area contributed by atoms with Crippen LogP contribution in [0.3, 0.4) is 0 Å². The molecule has 0 aliphatic rings. The lowest BCUT2D eigenvalue weighted by Crippen LogP contribution is -2.23. The number of hydrogen-bond donors (Lipinski definition) is 0. The molecular weight excluding hydrogens is 485 g/mol. The van der Waals surface area contributed by atoms with Gasteiger partial charge in [0.15, 0.2) is 5.82 Å². The van der Waals surface area contributed by atoms with Crippen LogP contribution in [0.25, 0.3) is 40.1 Å². The largest absolute Gasteiger partial charge is 0.291 e. The lowest BCUT2D eigenvalue weighted by Gasteiger charge is -2.02. The summed E-state index contributed by atoms with van der Waals surface area (Å²) in [4.78, 5) is 18.2. The van der Waals surface area contributed by atoms with Gasteiger partial charge in [-0.3, -0.25) is 4.79 Å². The highest BCUT2D eigenvalue weighted by Gasteiger charge is 2.15. The molecule has 0 aliphatic heterocycles. The topological polar surface area (TPSA) is 65.1 Å². The van der Waals surface area contributed by atoms with Gasteiger partial charge in [-0.25, -0.2) is 9.07 Å². The first-order valence-electron chi connectivity index (χ1n) is 11.6. The molecule has 3 heterocycles. The fraction of sp³-hybridized carbons (Fsp3) is 0.0345. The zero-order chi connectivity index (χ0) is 25.4. The minimum Gasteiger partial charge on any atom is -0.266 e. The van der Waals surface area contributed by atoms with Crippen LogP contribution in [-0.4, -0.2) is 24.4 Å². The van der Waals surface area contributed by atoms with Gasteiger partial charge in [0, 0.05) is 17.3 Å². The number of fused-ring (bicyclic) bond motifs is 1. The second-order valence-corrected chi connectivity index (χ2v) is 9.51. The molecule has 0 N–H and O–H groups in total. The summed E-state index contributed by atoms with van der Waals surface area (Å²) in [6.45, 7) is 1.72. The van der Waals surface area contributed by atoms with Gasteiger partial charge in [-0.05, 0) is 48.4 Å². The smallest absolute Gasteiger partial charge is 0.266 e. The Kier molecular flexibility index (Phi) is 5.78. The Labute approximate surface area is 215 Å². The molecule has 3 aromatic carbocycles. The van der Waals surface area contributed by atoms with Crippen LogP contribution in [0.1, 0.15) is 22.5 Å². The summed E-state index contributed by atoms with van der Waals surface area (Å²) in [5, 5.41) is 9.10. The van der Waals surface area contributed by atoms with Gasteiger partial charge in [0.25, 0.3) is 5.56 Å². The molecule has 6 aromatic rings. The van der Waals surface area contributed by atoms with Gasteiger partial charge < -0.3 is 0 Å². The van der Waals surface area contributed by atoms with Gasteiger partial charge in [-0.1, -0.05) is 78.1 Å². The van der Waals surface area contributed by atoms with E-state index in [4.69, 9.17) is 5.10 Å². The highest BCUT2D eigenvalue weighted by molar-refractivity contribution is 7.15. The van der Waals surface area contributed by atoms with Crippen molar-refractivity contribution in [3.8, 4) is 16.9 Å². The third-order valence-electron chi connectivity index (χ3n) is 5.92. The summed E-state index contributed by atoms with van der Waals surface area (Å²) >= 11 is 1.25. The highest BCUT2D eigenvalue weighted by atomic mass is 32.1. The molecule has 0 unspecified atom stereocenters. The molecule has 6 rings (SSSR count). The third kappa shape index (κ3) is 4.50. The Hall–Kier alpha value is -4.69. The van der Waals surface area contributed by atoms with Crippen molar-refractivity contribution in [3.05, 3.63) is 128 Å². The summed E-state index contributed by atoms with van der Waals surface area (Å²) in [5.41, 5.74) is 4.07. The first-order valence-corrected chi connectivity index (χ1v) is 12.4. The zero-order valence-electron chi connectivity index (χ0n) is 19.7. The van der Waals surface area contributed by atoms with Crippen molar-refractivity contribution >= 4 is 34.5 Å². The van der Waals surface area contributed by atoms with Crippen molar-refractivity contribution in [2.75, 3.05) is 0 Å². The normalized spacial score (nSPS) is 12.2. The van der Waals surface area contributed by atoms with Crippen LogP contribution in [0, 0.1) is 12.7 Å². The monoisotopic (exact) mass is 505 g/mol. The molecule has 37 heavy (non-hydrogen) atoms. The maximum Gasteiger partial charge on any atom is 0.291 e. The molecule has 0 atom stereocenters. The minimum atomic E-state index is -0.308. The van der Waals surface area contributed by atoms with Crippen LogP contribution in [0.15, 0.2) is 89.9 Å². The van der Waals surface area contributed by atoms with Crippen LogP contribution in [-0.2, 0) is 0 Å². The Morgan fingerprint density at radius 3 is 2.41 bits per heavy atom. The number of rotatable bonds is 5. The first kappa shape index (κ1) is 22.8. The molecule has 180 valence electrons. The number of aryl methyl sites for hydroxylation is 1. The van der Waals surface area contributed by atoms with E-state index < -0.39 is 0 Å². The zero-order valence-corrected chi connectivity index (χ0v) is 20.6. The van der Waals surface area contributed by atoms with Crippen molar-refractivity contribution in [1.29, 1.82) is 0 Å². The van der Waals surface area contributed by atoms with Crippen LogP contribution in [0.4, 0.5) is 4.39 Å². The summed E-state index contributed by atoms with van der Waals surface area (Å²) in [6.07, 6.45) is 7.29. The van der Waals surface area contributed by atoms with Gasteiger partial charge in [0.1, 0.15) is 11.5 Å². The van der Waals surface area contributed by atoms with Gasteiger partial charge in [0.2, 0.25) is 4.96 Å².